The molecule has 170 valence electrons. The number of carbonyl (C=O) groups is 3. The first-order valence-corrected chi connectivity index (χ1v) is 11.6. The molecule has 2 N–H and O–H groups in total. The Balaban J connectivity index is 1.60. The minimum absolute atomic E-state index is 0.0335. The number of nitrogens with one attached hydrogen (secondary N) is 2. The van der Waals surface area contributed by atoms with Crippen molar-refractivity contribution in [3.8, 4) is 11.3 Å². The first-order valence-electron chi connectivity index (χ1n) is 10.8. The van der Waals surface area contributed by atoms with E-state index in [0.29, 0.717) is 21.3 Å². The van der Waals surface area contributed by atoms with Crippen molar-refractivity contribution in [1.82, 2.24) is 10.3 Å². The van der Waals surface area contributed by atoms with Crippen molar-refractivity contribution in [3.05, 3.63) is 107 Å². The number of nitrogens with zero attached hydrogens (tertiary/aromatic N) is 1. The van der Waals surface area contributed by atoms with Crippen molar-refractivity contribution in [1.29, 1.82) is 0 Å². The van der Waals surface area contributed by atoms with Gasteiger partial charge in [-0.15, -0.1) is 0 Å². The standard InChI is InChI=1S/C27H23N3O3S/c1-18(31)28-22(19-11-5-2-6-12-19)17-23(32)29-27-30-24(20-13-7-3-8-14-20)26(34-27)25(33)21-15-9-4-10-16-21/h2-16,22H,17H2,1H3,(H,28,31)(H,29,30,32). The fourth-order valence-electron chi connectivity index (χ4n) is 3.58. The van der Waals surface area contributed by atoms with E-state index in [2.05, 4.69) is 15.6 Å². The summed E-state index contributed by atoms with van der Waals surface area (Å²) in [7, 11) is 0. The molecule has 6 nitrogen and oxygen atoms in total. The zero-order chi connectivity index (χ0) is 23.9. The highest BCUT2D eigenvalue weighted by molar-refractivity contribution is 7.18. The van der Waals surface area contributed by atoms with Gasteiger partial charge < -0.3 is 10.6 Å². The molecular weight excluding hydrogens is 446 g/mol. The smallest absolute Gasteiger partial charge is 0.228 e. The molecule has 1 unspecified atom stereocenters. The summed E-state index contributed by atoms with van der Waals surface area (Å²) in [5.74, 6) is -0.689. The van der Waals surface area contributed by atoms with E-state index in [9.17, 15) is 14.4 Å². The van der Waals surface area contributed by atoms with E-state index >= 15 is 0 Å². The van der Waals surface area contributed by atoms with E-state index in [4.69, 9.17) is 0 Å². The molecule has 0 saturated heterocycles. The summed E-state index contributed by atoms with van der Waals surface area (Å²) in [5, 5.41) is 5.97. The second-order valence-corrected chi connectivity index (χ2v) is 8.67. The van der Waals surface area contributed by atoms with Gasteiger partial charge in [0.25, 0.3) is 0 Å². The number of carbonyl (C=O) groups excluding carboxylic acids is 3. The summed E-state index contributed by atoms with van der Waals surface area (Å²) in [5.41, 5.74) is 2.70. The van der Waals surface area contributed by atoms with Crippen molar-refractivity contribution < 1.29 is 14.4 Å². The van der Waals surface area contributed by atoms with Crippen LogP contribution in [0.5, 0.6) is 0 Å². The van der Waals surface area contributed by atoms with Crippen LogP contribution in [0.1, 0.15) is 40.2 Å². The number of anilines is 1. The third-order valence-corrected chi connectivity index (χ3v) is 6.10. The van der Waals surface area contributed by atoms with E-state index in [1.165, 1.54) is 6.92 Å². The van der Waals surface area contributed by atoms with Crippen molar-refractivity contribution in [3.63, 3.8) is 0 Å². The molecule has 34 heavy (non-hydrogen) atoms. The van der Waals surface area contributed by atoms with Crippen LogP contribution in [0.3, 0.4) is 0 Å². The number of benzene rings is 3. The van der Waals surface area contributed by atoms with Crippen LogP contribution in [0.15, 0.2) is 91.0 Å². The summed E-state index contributed by atoms with van der Waals surface area (Å²) < 4.78 is 0. The van der Waals surface area contributed by atoms with Gasteiger partial charge in [0.1, 0.15) is 4.88 Å². The summed E-state index contributed by atoms with van der Waals surface area (Å²) in [6, 6.07) is 27.2. The number of amides is 2. The molecule has 0 bridgehead atoms. The van der Waals surface area contributed by atoms with Crippen LogP contribution in [0, 0.1) is 0 Å². The van der Waals surface area contributed by atoms with E-state index in [0.717, 1.165) is 22.5 Å². The van der Waals surface area contributed by atoms with Crippen LogP contribution in [0.25, 0.3) is 11.3 Å². The lowest BCUT2D eigenvalue weighted by Gasteiger charge is -2.17. The summed E-state index contributed by atoms with van der Waals surface area (Å²) in [4.78, 5) is 42.9. The minimum atomic E-state index is -0.474. The Kier molecular flexibility index (Phi) is 7.25. The lowest BCUT2D eigenvalue weighted by atomic mass is 10.0. The Morgan fingerprint density at radius 3 is 2.06 bits per heavy atom. The Hall–Kier alpha value is -4.10. The predicted octanol–water partition coefficient (Wildman–Crippen LogP) is 5.25. The van der Waals surface area contributed by atoms with Crippen LogP contribution < -0.4 is 10.6 Å². The second-order valence-electron chi connectivity index (χ2n) is 7.67. The fraction of sp³-hybridized carbons (Fsp3) is 0.111. The molecular formula is C27H23N3O3S. The SMILES string of the molecule is CC(=O)NC(CC(=O)Nc1nc(-c2ccccc2)c(C(=O)c2ccccc2)s1)c1ccccc1. The van der Waals surface area contributed by atoms with E-state index in [-0.39, 0.29) is 24.0 Å². The van der Waals surface area contributed by atoms with Gasteiger partial charge in [0.15, 0.2) is 5.13 Å². The summed E-state index contributed by atoms with van der Waals surface area (Å²) in [6.07, 6.45) is 0.0335. The molecule has 0 radical (unpaired) electrons. The van der Waals surface area contributed by atoms with E-state index in [1.807, 2.05) is 78.9 Å². The van der Waals surface area contributed by atoms with Gasteiger partial charge >= 0.3 is 0 Å². The lowest BCUT2D eigenvalue weighted by Crippen LogP contribution is -2.29. The topological polar surface area (TPSA) is 88.2 Å². The number of hydrogen-bond acceptors (Lipinski definition) is 5. The number of hydrogen-bond donors (Lipinski definition) is 2. The molecule has 0 fully saturated rings. The molecule has 7 heteroatoms. The Bertz CT molecular complexity index is 1290. The van der Waals surface area contributed by atoms with E-state index in [1.54, 1.807) is 12.1 Å². The molecule has 3 aromatic carbocycles. The maximum Gasteiger partial charge on any atom is 0.228 e. The van der Waals surface area contributed by atoms with E-state index < -0.39 is 6.04 Å². The highest BCUT2D eigenvalue weighted by atomic mass is 32.1. The number of ketones is 1. The average molecular weight is 470 g/mol. The van der Waals surface area contributed by atoms with Crippen LogP contribution in [-0.2, 0) is 9.59 Å². The zero-order valence-electron chi connectivity index (χ0n) is 18.5. The highest BCUT2D eigenvalue weighted by Gasteiger charge is 2.23. The van der Waals surface area contributed by atoms with Crippen molar-refractivity contribution in [2.45, 2.75) is 19.4 Å². The van der Waals surface area contributed by atoms with Crippen molar-refractivity contribution >= 4 is 34.1 Å². The van der Waals surface area contributed by atoms with Gasteiger partial charge in [-0.1, -0.05) is 102 Å². The Morgan fingerprint density at radius 1 is 0.853 bits per heavy atom. The van der Waals surface area contributed by atoms with Gasteiger partial charge in [0.05, 0.1) is 18.2 Å². The Labute approximate surface area is 201 Å². The van der Waals surface area contributed by atoms with Gasteiger partial charge in [0.2, 0.25) is 17.6 Å². The predicted molar refractivity (Wildman–Crippen MR) is 134 cm³/mol. The molecule has 1 heterocycles. The molecule has 1 atom stereocenters. The van der Waals surface area contributed by atoms with Crippen LogP contribution in [0.2, 0.25) is 0 Å². The number of rotatable bonds is 8. The molecule has 0 aliphatic rings. The lowest BCUT2D eigenvalue weighted by molar-refractivity contribution is -0.120. The van der Waals surface area contributed by atoms with Gasteiger partial charge in [-0.2, -0.15) is 0 Å². The summed E-state index contributed by atoms with van der Waals surface area (Å²) >= 11 is 1.14. The normalized spacial score (nSPS) is 11.4. The first kappa shape index (κ1) is 23.1. The molecule has 0 aliphatic heterocycles. The average Bonchev–Trinajstić information content (AvgIpc) is 3.28. The van der Waals surface area contributed by atoms with Crippen molar-refractivity contribution in [2.75, 3.05) is 5.32 Å². The second kappa shape index (κ2) is 10.7. The van der Waals surface area contributed by atoms with Crippen LogP contribution in [-0.4, -0.2) is 22.6 Å². The molecule has 4 aromatic rings. The fourth-order valence-corrected chi connectivity index (χ4v) is 4.54. The summed E-state index contributed by atoms with van der Waals surface area (Å²) in [6.45, 7) is 1.42. The largest absolute Gasteiger partial charge is 0.349 e. The maximum absolute atomic E-state index is 13.2. The van der Waals surface area contributed by atoms with Crippen LogP contribution >= 0.6 is 11.3 Å². The van der Waals surface area contributed by atoms with Gasteiger partial charge in [-0.3, -0.25) is 14.4 Å². The molecule has 1 aromatic heterocycles. The first-order chi connectivity index (χ1) is 16.5. The molecule has 0 saturated carbocycles. The number of aromatic nitrogens is 1. The third-order valence-electron chi connectivity index (χ3n) is 5.13. The molecule has 0 spiro atoms. The molecule has 4 rings (SSSR count). The highest BCUT2D eigenvalue weighted by Crippen LogP contribution is 2.33. The monoisotopic (exact) mass is 469 g/mol. The maximum atomic E-state index is 13.2. The van der Waals surface area contributed by atoms with Crippen LogP contribution in [0.4, 0.5) is 5.13 Å². The zero-order valence-corrected chi connectivity index (χ0v) is 19.3. The van der Waals surface area contributed by atoms with Gasteiger partial charge in [-0.25, -0.2) is 4.98 Å². The Morgan fingerprint density at radius 2 is 1.44 bits per heavy atom. The quantitative estimate of drug-likeness (QED) is 0.345. The van der Waals surface area contributed by atoms with Crippen molar-refractivity contribution in [2.24, 2.45) is 0 Å². The molecule has 0 aliphatic carbocycles. The molecule has 2 amide bonds. The minimum Gasteiger partial charge on any atom is -0.349 e. The van der Waals surface area contributed by atoms with Gasteiger partial charge in [-0.05, 0) is 5.56 Å². The van der Waals surface area contributed by atoms with Gasteiger partial charge in [0, 0.05) is 18.1 Å². The number of thiazole rings is 1. The third kappa shape index (κ3) is 5.63.